The van der Waals surface area contributed by atoms with Crippen molar-refractivity contribution in [2.75, 3.05) is 7.05 Å². The Hall–Kier alpha value is -3.01. The summed E-state index contributed by atoms with van der Waals surface area (Å²) in [6.07, 6.45) is 2.17. The number of nitrogens with one attached hydrogen (secondary N) is 1. The quantitative estimate of drug-likeness (QED) is 0.664. The van der Waals surface area contributed by atoms with E-state index in [2.05, 4.69) is 15.5 Å². The lowest BCUT2D eigenvalue weighted by Crippen LogP contribution is -2.32. The number of Topliss-reactive ketones (excluding diaryl/α,β-unsaturated/α-hetero) is 1. The van der Waals surface area contributed by atoms with E-state index in [1.165, 1.54) is 7.05 Å². The second-order valence-electron chi connectivity index (χ2n) is 5.35. The van der Waals surface area contributed by atoms with Crippen LogP contribution < -0.4 is 5.32 Å². The first-order valence-corrected chi connectivity index (χ1v) is 7.23. The number of aromatic nitrogens is 2. The van der Waals surface area contributed by atoms with Crippen LogP contribution in [-0.4, -0.2) is 28.9 Å². The zero-order chi connectivity index (χ0) is 16.4. The summed E-state index contributed by atoms with van der Waals surface area (Å²) in [5.41, 5.74) is 0.972. The number of amides is 1. The van der Waals surface area contributed by atoms with Crippen molar-refractivity contribution in [2.45, 2.75) is 18.8 Å². The molecule has 0 aliphatic heterocycles. The third-order valence-corrected chi connectivity index (χ3v) is 3.70. The van der Waals surface area contributed by atoms with Gasteiger partial charge in [0.2, 0.25) is 5.91 Å². The Morgan fingerprint density at radius 2 is 2.04 bits per heavy atom. The average molecular weight is 310 g/mol. The summed E-state index contributed by atoms with van der Waals surface area (Å²) in [7, 11) is 1.39. The van der Waals surface area contributed by atoms with Crippen molar-refractivity contribution in [3.05, 3.63) is 35.7 Å². The second-order valence-corrected chi connectivity index (χ2v) is 5.35. The maximum atomic E-state index is 12.2. The SMILES string of the molecule is CNC(=O)[C@@H](C#N)C(=O)c1ccc(-c2nc(C3CC3)no2)cc1. The third-order valence-electron chi connectivity index (χ3n) is 3.70. The Morgan fingerprint density at radius 1 is 1.35 bits per heavy atom. The van der Waals surface area contributed by atoms with E-state index >= 15 is 0 Å². The van der Waals surface area contributed by atoms with Crippen molar-refractivity contribution < 1.29 is 14.1 Å². The van der Waals surface area contributed by atoms with E-state index in [1.54, 1.807) is 30.3 Å². The van der Waals surface area contributed by atoms with Gasteiger partial charge in [-0.05, 0) is 25.0 Å². The molecule has 2 aromatic rings. The van der Waals surface area contributed by atoms with Crippen LogP contribution in [0.15, 0.2) is 28.8 Å². The van der Waals surface area contributed by atoms with Gasteiger partial charge in [-0.25, -0.2) is 0 Å². The van der Waals surface area contributed by atoms with Crippen LogP contribution in [-0.2, 0) is 4.79 Å². The Labute approximate surface area is 132 Å². The van der Waals surface area contributed by atoms with Crippen molar-refractivity contribution >= 4 is 11.7 Å². The average Bonchev–Trinajstić information content (AvgIpc) is 3.32. The highest BCUT2D eigenvalue weighted by Crippen LogP contribution is 2.38. The van der Waals surface area contributed by atoms with Crippen LogP contribution in [0.2, 0.25) is 0 Å². The summed E-state index contributed by atoms with van der Waals surface area (Å²) >= 11 is 0. The van der Waals surface area contributed by atoms with E-state index in [1.807, 2.05) is 0 Å². The molecule has 0 bridgehead atoms. The molecule has 1 aromatic carbocycles. The number of carbonyl (C=O) groups is 2. The van der Waals surface area contributed by atoms with E-state index in [9.17, 15) is 9.59 Å². The van der Waals surface area contributed by atoms with Crippen LogP contribution in [0.1, 0.15) is 34.9 Å². The molecular weight excluding hydrogens is 296 g/mol. The molecule has 0 radical (unpaired) electrons. The Balaban J connectivity index is 1.79. The Kier molecular flexibility index (Phi) is 3.89. The number of nitriles is 1. The zero-order valence-electron chi connectivity index (χ0n) is 12.4. The number of hydrogen-bond donors (Lipinski definition) is 1. The van der Waals surface area contributed by atoms with Crippen LogP contribution in [0.25, 0.3) is 11.5 Å². The lowest BCUT2D eigenvalue weighted by molar-refractivity contribution is -0.121. The number of rotatable bonds is 5. The molecule has 0 saturated heterocycles. The van der Waals surface area contributed by atoms with Crippen LogP contribution in [0.4, 0.5) is 0 Å². The highest BCUT2D eigenvalue weighted by Gasteiger charge is 2.29. The minimum absolute atomic E-state index is 0.283. The zero-order valence-corrected chi connectivity index (χ0v) is 12.4. The van der Waals surface area contributed by atoms with E-state index in [0.29, 0.717) is 23.2 Å². The minimum atomic E-state index is -1.35. The first-order chi connectivity index (χ1) is 11.1. The number of benzene rings is 1. The van der Waals surface area contributed by atoms with Crippen LogP contribution in [0, 0.1) is 17.2 Å². The van der Waals surface area contributed by atoms with E-state index < -0.39 is 17.6 Å². The molecule has 7 nitrogen and oxygen atoms in total. The van der Waals surface area contributed by atoms with E-state index in [0.717, 1.165) is 12.8 Å². The summed E-state index contributed by atoms with van der Waals surface area (Å²) in [6.45, 7) is 0. The monoisotopic (exact) mass is 310 g/mol. The normalized spacial score (nSPS) is 14.8. The van der Waals surface area contributed by atoms with Crippen molar-refractivity contribution in [3.8, 4) is 17.5 Å². The van der Waals surface area contributed by atoms with Crippen molar-refractivity contribution in [1.82, 2.24) is 15.5 Å². The van der Waals surface area contributed by atoms with Gasteiger partial charge in [-0.2, -0.15) is 10.2 Å². The number of nitrogens with zero attached hydrogens (tertiary/aromatic N) is 3. The van der Waals surface area contributed by atoms with Gasteiger partial charge >= 0.3 is 0 Å². The fourth-order valence-electron chi connectivity index (χ4n) is 2.18. The van der Waals surface area contributed by atoms with Crippen molar-refractivity contribution in [2.24, 2.45) is 5.92 Å². The summed E-state index contributed by atoms with van der Waals surface area (Å²) in [6, 6.07) is 8.14. The molecule has 1 fully saturated rings. The van der Waals surface area contributed by atoms with Gasteiger partial charge in [0.05, 0.1) is 6.07 Å². The van der Waals surface area contributed by atoms with Crippen LogP contribution in [0.5, 0.6) is 0 Å². The first-order valence-electron chi connectivity index (χ1n) is 7.23. The first kappa shape index (κ1) is 14.9. The van der Waals surface area contributed by atoms with Gasteiger partial charge in [-0.3, -0.25) is 9.59 Å². The fraction of sp³-hybridized carbons (Fsp3) is 0.312. The van der Waals surface area contributed by atoms with E-state index in [4.69, 9.17) is 9.78 Å². The number of ketones is 1. The highest BCUT2D eigenvalue weighted by atomic mass is 16.5. The van der Waals surface area contributed by atoms with Crippen molar-refractivity contribution in [1.29, 1.82) is 5.26 Å². The maximum absolute atomic E-state index is 12.2. The molecule has 7 heteroatoms. The molecule has 1 N–H and O–H groups in total. The van der Waals surface area contributed by atoms with Crippen LogP contribution in [0.3, 0.4) is 0 Å². The molecule has 116 valence electrons. The number of carbonyl (C=O) groups excluding carboxylic acids is 2. The molecular formula is C16H14N4O3. The molecule has 1 amide bonds. The predicted molar refractivity (Wildman–Crippen MR) is 79.2 cm³/mol. The van der Waals surface area contributed by atoms with Gasteiger partial charge in [0.25, 0.3) is 5.89 Å². The summed E-state index contributed by atoms with van der Waals surface area (Å²) in [5.74, 6) is -0.999. The van der Waals surface area contributed by atoms with Gasteiger partial charge in [0, 0.05) is 24.1 Å². The van der Waals surface area contributed by atoms with E-state index in [-0.39, 0.29) is 5.56 Å². The van der Waals surface area contributed by atoms with Gasteiger partial charge < -0.3 is 9.84 Å². The topological polar surface area (TPSA) is 109 Å². The number of hydrogen-bond acceptors (Lipinski definition) is 6. The maximum Gasteiger partial charge on any atom is 0.257 e. The standard InChI is InChI=1S/C16H14N4O3/c1-18-15(22)12(8-17)13(21)9-2-6-11(7-3-9)16-19-14(20-23-16)10-4-5-10/h2-3,6-7,10,12H,4-5H2,1H3,(H,18,22)/t12-/m0/s1. The smallest absolute Gasteiger partial charge is 0.257 e. The minimum Gasteiger partial charge on any atom is -0.358 e. The van der Waals surface area contributed by atoms with Gasteiger partial charge in [-0.1, -0.05) is 17.3 Å². The molecule has 1 heterocycles. The van der Waals surface area contributed by atoms with Crippen molar-refractivity contribution in [3.63, 3.8) is 0 Å². The molecule has 23 heavy (non-hydrogen) atoms. The van der Waals surface area contributed by atoms with Gasteiger partial charge in [0.1, 0.15) is 0 Å². The summed E-state index contributed by atoms with van der Waals surface area (Å²) in [4.78, 5) is 28.1. The molecule has 1 aliphatic carbocycles. The fourth-order valence-corrected chi connectivity index (χ4v) is 2.18. The lowest BCUT2D eigenvalue weighted by Gasteiger charge is -2.06. The molecule has 0 unspecified atom stereocenters. The molecule has 1 aromatic heterocycles. The third kappa shape index (κ3) is 2.97. The Bertz CT molecular complexity index is 784. The Morgan fingerprint density at radius 3 is 2.61 bits per heavy atom. The summed E-state index contributed by atoms with van der Waals surface area (Å²) in [5, 5.41) is 15.2. The predicted octanol–water partition coefficient (Wildman–Crippen LogP) is 1.68. The second kappa shape index (κ2) is 6.01. The van der Waals surface area contributed by atoms with Crippen LogP contribution >= 0.6 is 0 Å². The molecule has 1 aliphatic rings. The highest BCUT2D eigenvalue weighted by molar-refractivity contribution is 6.12. The molecule has 0 spiro atoms. The molecule has 1 atom stereocenters. The largest absolute Gasteiger partial charge is 0.358 e. The molecule has 1 saturated carbocycles. The molecule has 3 rings (SSSR count). The van der Waals surface area contributed by atoms with Gasteiger partial charge in [-0.15, -0.1) is 0 Å². The lowest BCUT2D eigenvalue weighted by atomic mass is 9.97. The summed E-state index contributed by atoms with van der Waals surface area (Å²) < 4.78 is 5.21. The van der Waals surface area contributed by atoms with Gasteiger partial charge in [0.15, 0.2) is 17.5 Å².